The van der Waals surface area contributed by atoms with Gasteiger partial charge in [0.2, 0.25) is 0 Å². The number of ether oxygens (including phenoxy) is 1. The van der Waals surface area contributed by atoms with E-state index >= 15 is 0 Å². The van der Waals surface area contributed by atoms with Crippen LogP contribution >= 0.6 is 0 Å². The molecule has 0 bridgehead atoms. The number of rotatable bonds is 7. The third kappa shape index (κ3) is 5.42. The Morgan fingerprint density at radius 3 is 2.84 bits per heavy atom. The van der Waals surface area contributed by atoms with Gasteiger partial charge in [-0.1, -0.05) is 20.3 Å². The van der Waals surface area contributed by atoms with E-state index in [-0.39, 0.29) is 0 Å². The molecule has 1 atom stereocenters. The van der Waals surface area contributed by atoms with Gasteiger partial charge in [-0.15, -0.1) is 10.2 Å². The maximum atomic E-state index is 5.18. The zero-order valence-corrected chi connectivity index (χ0v) is 16.5. The monoisotopic (exact) mass is 350 g/mol. The van der Waals surface area contributed by atoms with Crippen molar-refractivity contribution in [1.29, 1.82) is 0 Å². The van der Waals surface area contributed by atoms with Gasteiger partial charge in [-0.3, -0.25) is 0 Å². The molecule has 0 aromatic carbocycles. The van der Waals surface area contributed by atoms with Gasteiger partial charge in [-0.25, -0.2) is 4.99 Å². The molecule has 1 fully saturated rings. The van der Waals surface area contributed by atoms with Gasteiger partial charge in [0.1, 0.15) is 12.4 Å². The molecule has 1 unspecified atom stereocenters. The van der Waals surface area contributed by atoms with Gasteiger partial charge < -0.3 is 19.5 Å². The first-order valence-electron chi connectivity index (χ1n) is 9.36. The first-order valence-corrected chi connectivity index (χ1v) is 9.36. The summed E-state index contributed by atoms with van der Waals surface area (Å²) in [6, 6.07) is 0. The Labute approximate surface area is 151 Å². The maximum Gasteiger partial charge on any atom is 0.194 e. The molecule has 25 heavy (non-hydrogen) atoms. The van der Waals surface area contributed by atoms with E-state index in [2.05, 4.69) is 34.3 Å². The van der Waals surface area contributed by atoms with Crippen molar-refractivity contribution in [3.63, 3.8) is 0 Å². The van der Waals surface area contributed by atoms with Gasteiger partial charge in [0.15, 0.2) is 11.8 Å². The van der Waals surface area contributed by atoms with Crippen LogP contribution in [0.15, 0.2) is 4.99 Å². The number of hydrogen-bond acceptors (Lipinski definition) is 4. The molecule has 1 aliphatic heterocycles. The largest absolute Gasteiger partial charge is 0.383 e. The van der Waals surface area contributed by atoms with Crippen molar-refractivity contribution < 1.29 is 4.74 Å². The number of aryl methyl sites for hydroxylation is 1. The SMILES string of the molecule is CCCC1(C)CCCN(C(=NCc2nnc(C)n2C)NCCOC)C1. The Bertz CT molecular complexity index is 566. The van der Waals surface area contributed by atoms with Gasteiger partial charge in [0, 0.05) is 33.8 Å². The Kier molecular flexibility index (Phi) is 7.23. The normalized spacial score (nSPS) is 21.6. The lowest BCUT2D eigenvalue weighted by molar-refractivity contribution is 0.141. The lowest BCUT2D eigenvalue weighted by Crippen LogP contribution is -2.50. The number of nitrogens with zero attached hydrogens (tertiary/aromatic N) is 5. The smallest absolute Gasteiger partial charge is 0.194 e. The molecule has 142 valence electrons. The summed E-state index contributed by atoms with van der Waals surface area (Å²) in [5.74, 6) is 2.75. The molecule has 7 heteroatoms. The van der Waals surface area contributed by atoms with E-state index in [1.54, 1.807) is 7.11 Å². The van der Waals surface area contributed by atoms with Crippen LogP contribution in [-0.4, -0.2) is 59.0 Å². The highest BCUT2D eigenvalue weighted by atomic mass is 16.5. The van der Waals surface area contributed by atoms with Crippen LogP contribution in [0.25, 0.3) is 0 Å². The van der Waals surface area contributed by atoms with Crippen molar-refractivity contribution in [2.24, 2.45) is 17.5 Å². The van der Waals surface area contributed by atoms with E-state index in [0.717, 1.165) is 37.2 Å². The molecule has 2 rings (SSSR count). The Morgan fingerprint density at radius 1 is 1.40 bits per heavy atom. The van der Waals surface area contributed by atoms with E-state index in [4.69, 9.17) is 9.73 Å². The molecule has 1 aliphatic rings. The van der Waals surface area contributed by atoms with Crippen LogP contribution < -0.4 is 5.32 Å². The number of aliphatic imine (C=N–C) groups is 1. The highest BCUT2D eigenvalue weighted by Crippen LogP contribution is 2.33. The third-order valence-corrected chi connectivity index (χ3v) is 5.08. The average Bonchev–Trinajstić information content (AvgIpc) is 2.90. The van der Waals surface area contributed by atoms with E-state index < -0.39 is 0 Å². The van der Waals surface area contributed by atoms with Gasteiger partial charge in [0.05, 0.1) is 6.61 Å². The third-order valence-electron chi connectivity index (χ3n) is 5.08. The van der Waals surface area contributed by atoms with Crippen LogP contribution in [0.2, 0.25) is 0 Å². The molecule has 1 aromatic rings. The standard InChI is InChI=1S/C18H34N6O/c1-6-8-18(3)9-7-11-24(14-18)17(19-10-12-25-5)20-13-16-22-21-15(2)23(16)4/h6-14H2,1-5H3,(H,19,20). The zero-order valence-electron chi connectivity index (χ0n) is 16.5. The molecule has 1 N–H and O–H groups in total. The number of nitrogens with one attached hydrogen (secondary N) is 1. The number of hydrogen-bond donors (Lipinski definition) is 1. The van der Waals surface area contributed by atoms with Gasteiger partial charge in [-0.2, -0.15) is 0 Å². The minimum absolute atomic E-state index is 0.373. The second kappa shape index (κ2) is 9.17. The van der Waals surface area contributed by atoms with Crippen molar-refractivity contribution in [1.82, 2.24) is 25.0 Å². The van der Waals surface area contributed by atoms with E-state index in [0.29, 0.717) is 18.6 Å². The van der Waals surface area contributed by atoms with Crippen molar-refractivity contribution in [2.75, 3.05) is 33.4 Å². The summed E-state index contributed by atoms with van der Waals surface area (Å²) in [7, 11) is 3.71. The van der Waals surface area contributed by atoms with Crippen molar-refractivity contribution in [3.8, 4) is 0 Å². The van der Waals surface area contributed by atoms with Gasteiger partial charge in [0.25, 0.3) is 0 Å². The van der Waals surface area contributed by atoms with E-state index in [9.17, 15) is 0 Å². The van der Waals surface area contributed by atoms with E-state index in [1.807, 2.05) is 18.5 Å². The summed E-state index contributed by atoms with van der Waals surface area (Å²) < 4.78 is 7.18. The van der Waals surface area contributed by atoms with Crippen LogP contribution in [0.4, 0.5) is 0 Å². The second-order valence-corrected chi connectivity index (χ2v) is 7.37. The number of aromatic nitrogens is 3. The highest BCUT2D eigenvalue weighted by Gasteiger charge is 2.31. The molecule has 0 amide bonds. The molecule has 2 heterocycles. The average molecular weight is 351 g/mol. The topological polar surface area (TPSA) is 67.6 Å². The molecule has 0 spiro atoms. The molecule has 1 aromatic heterocycles. The molecular formula is C18H34N6O. The fourth-order valence-electron chi connectivity index (χ4n) is 3.57. The number of likely N-dealkylation sites (tertiary alicyclic amines) is 1. The predicted molar refractivity (Wildman–Crippen MR) is 101 cm³/mol. The zero-order chi connectivity index (χ0) is 18.3. The summed E-state index contributed by atoms with van der Waals surface area (Å²) in [4.78, 5) is 7.24. The first kappa shape index (κ1) is 19.7. The summed E-state index contributed by atoms with van der Waals surface area (Å²) >= 11 is 0. The number of methoxy groups -OCH3 is 1. The van der Waals surface area contributed by atoms with Crippen LogP contribution in [0.3, 0.4) is 0 Å². The second-order valence-electron chi connectivity index (χ2n) is 7.37. The summed E-state index contributed by atoms with van der Waals surface area (Å²) in [6.07, 6.45) is 5.00. The molecule has 0 saturated carbocycles. The van der Waals surface area contributed by atoms with Crippen molar-refractivity contribution >= 4 is 5.96 Å². The lowest BCUT2D eigenvalue weighted by Gasteiger charge is -2.42. The summed E-state index contributed by atoms with van der Waals surface area (Å²) in [6.45, 7) is 10.7. The Hall–Kier alpha value is -1.63. The van der Waals surface area contributed by atoms with Gasteiger partial charge >= 0.3 is 0 Å². The minimum Gasteiger partial charge on any atom is -0.383 e. The Balaban J connectivity index is 2.11. The van der Waals surface area contributed by atoms with Gasteiger partial charge in [-0.05, 0) is 31.6 Å². The van der Waals surface area contributed by atoms with Crippen molar-refractivity contribution in [3.05, 3.63) is 11.6 Å². The number of piperidine rings is 1. The fourth-order valence-corrected chi connectivity index (χ4v) is 3.57. The maximum absolute atomic E-state index is 5.18. The summed E-state index contributed by atoms with van der Waals surface area (Å²) in [5, 5.41) is 11.8. The van der Waals surface area contributed by atoms with E-state index in [1.165, 1.54) is 25.7 Å². The molecule has 0 radical (unpaired) electrons. The van der Waals surface area contributed by atoms with Crippen molar-refractivity contribution in [2.45, 2.75) is 53.0 Å². The first-order chi connectivity index (χ1) is 12.0. The molecule has 1 saturated heterocycles. The minimum atomic E-state index is 0.373. The molecule has 0 aliphatic carbocycles. The predicted octanol–water partition coefficient (Wildman–Crippen LogP) is 2.12. The summed E-state index contributed by atoms with van der Waals surface area (Å²) in [5.41, 5.74) is 0.373. The highest BCUT2D eigenvalue weighted by molar-refractivity contribution is 5.80. The molecular weight excluding hydrogens is 316 g/mol. The lowest BCUT2D eigenvalue weighted by atomic mass is 9.78. The quantitative estimate of drug-likeness (QED) is 0.463. The van der Waals surface area contributed by atoms with Crippen LogP contribution in [-0.2, 0) is 18.3 Å². The number of guanidine groups is 1. The van der Waals surface area contributed by atoms with Crippen LogP contribution in [0, 0.1) is 12.3 Å². The van der Waals surface area contributed by atoms with Crippen LogP contribution in [0.1, 0.15) is 51.2 Å². The Morgan fingerprint density at radius 2 is 2.20 bits per heavy atom. The molecule has 7 nitrogen and oxygen atoms in total. The van der Waals surface area contributed by atoms with Crippen LogP contribution in [0.5, 0.6) is 0 Å². The fraction of sp³-hybridized carbons (Fsp3) is 0.833.